The van der Waals surface area contributed by atoms with Gasteiger partial charge in [-0.15, -0.1) is 0 Å². The smallest absolute Gasteiger partial charge is 0.330 e. The normalized spacial score (nSPS) is 25.2. The van der Waals surface area contributed by atoms with Crippen LogP contribution in [0.2, 0.25) is 0 Å². The van der Waals surface area contributed by atoms with Crippen molar-refractivity contribution in [3.63, 3.8) is 0 Å². The average molecular weight is 258 g/mol. The van der Waals surface area contributed by atoms with Gasteiger partial charge in [0, 0.05) is 36.9 Å². The molecule has 1 aromatic carbocycles. The van der Waals surface area contributed by atoms with Crippen molar-refractivity contribution in [2.45, 2.75) is 18.5 Å². The second-order valence-corrected chi connectivity index (χ2v) is 5.06. The van der Waals surface area contributed by atoms with E-state index in [0.29, 0.717) is 12.1 Å². The summed E-state index contributed by atoms with van der Waals surface area (Å²) in [5.41, 5.74) is 2.28. The molecule has 0 saturated carbocycles. The number of hydrogen-bond donors (Lipinski definition) is 1. The molecule has 2 bridgehead atoms. The van der Waals surface area contributed by atoms with Crippen LogP contribution in [0.15, 0.2) is 30.3 Å². The monoisotopic (exact) mass is 258 g/mol. The quantitative estimate of drug-likeness (QED) is 0.658. The largest absolute Gasteiger partial charge is 0.466 e. The molecule has 3 rings (SSSR count). The highest BCUT2D eigenvalue weighted by molar-refractivity contribution is 5.88. The number of esters is 1. The fraction of sp³-hybridized carbons (Fsp3) is 0.400. The Morgan fingerprint density at radius 1 is 1.47 bits per heavy atom. The first-order valence-corrected chi connectivity index (χ1v) is 6.63. The Morgan fingerprint density at radius 3 is 3.00 bits per heavy atom. The van der Waals surface area contributed by atoms with E-state index in [4.69, 9.17) is 0 Å². The van der Waals surface area contributed by atoms with Crippen molar-refractivity contribution in [3.05, 3.63) is 35.9 Å². The van der Waals surface area contributed by atoms with E-state index in [0.717, 1.165) is 18.7 Å². The Hall–Kier alpha value is -1.81. The Kier molecular flexibility index (Phi) is 3.25. The molecule has 0 aromatic heterocycles. The molecular weight excluding hydrogens is 240 g/mol. The number of nitrogens with one attached hydrogen (secondary N) is 1. The first-order valence-electron chi connectivity index (χ1n) is 6.63. The maximum Gasteiger partial charge on any atom is 0.330 e. The molecule has 2 heterocycles. The number of carbonyl (C=O) groups excluding carboxylic acids is 1. The van der Waals surface area contributed by atoms with Gasteiger partial charge in [0.25, 0.3) is 0 Å². The number of anilines is 1. The highest BCUT2D eigenvalue weighted by atomic mass is 16.5. The van der Waals surface area contributed by atoms with Crippen LogP contribution in [0.25, 0.3) is 6.08 Å². The van der Waals surface area contributed by atoms with Crippen molar-refractivity contribution in [1.29, 1.82) is 0 Å². The molecule has 0 aliphatic carbocycles. The minimum Gasteiger partial charge on any atom is -0.466 e. The number of nitrogens with zero attached hydrogens (tertiary/aromatic N) is 1. The Bertz CT molecular complexity index is 513. The van der Waals surface area contributed by atoms with E-state index in [9.17, 15) is 4.79 Å². The van der Waals surface area contributed by atoms with Crippen LogP contribution in [-0.2, 0) is 9.53 Å². The van der Waals surface area contributed by atoms with Gasteiger partial charge in [-0.2, -0.15) is 0 Å². The number of benzene rings is 1. The van der Waals surface area contributed by atoms with Gasteiger partial charge in [0.1, 0.15) is 0 Å². The molecular formula is C15H18N2O2. The van der Waals surface area contributed by atoms with Crippen LogP contribution >= 0.6 is 0 Å². The Labute approximate surface area is 113 Å². The Morgan fingerprint density at radius 2 is 2.32 bits per heavy atom. The molecule has 0 amide bonds. The predicted octanol–water partition coefficient (Wildman–Crippen LogP) is 1.42. The van der Waals surface area contributed by atoms with Crippen LogP contribution in [-0.4, -0.2) is 38.3 Å². The van der Waals surface area contributed by atoms with Crippen molar-refractivity contribution in [1.82, 2.24) is 5.32 Å². The summed E-state index contributed by atoms with van der Waals surface area (Å²) < 4.78 is 4.64. The molecule has 2 atom stereocenters. The summed E-state index contributed by atoms with van der Waals surface area (Å²) in [7, 11) is 1.39. The minimum atomic E-state index is -0.320. The van der Waals surface area contributed by atoms with Gasteiger partial charge in [0.05, 0.1) is 7.11 Å². The summed E-state index contributed by atoms with van der Waals surface area (Å²) >= 11 is 0. The lowest BCUT2D eigenvalue weighted by molar-refractivity contribution is -0.134. The van der Waals surface area contributed by atoms with Gasteiger partial charge in [0.2, 0.25) is 0 Å². The molecule has 100 valence electrons. The average Bonchev–Trinajstić information content (AvgIpc) is 3.07. The molecule has 4 nitrogen and oxygen atoms in total. The van der Waals surface area contributed by atoms with Gasteiger partial charge in [0.15, 0.2) is 0 Å². The van der Waals surface area contributed by atoms with Crippen LogP contribution in [0, 0.1) is 0 Å². The molecule has 2 aliphatic heterocycles. The zero-order valence-electron chi connectivity index (χ0n) is 11.0. The van der Waals surface area contributed by atoms with Crippen molar-refractivity contribution in [2.75, 3.05) is 25.1 Å². The summed E-state index contributed by atoms with van der Waals surface area (Å²) in [4.78, 5) is 13.7. The summed E-state index contributed by atoms with van der Waals surface area (Å²) in [5.74, 6) is -0.320. The van der Waals surface area contributed by atoms with Crippen LogP contribution in [0.3, 0.4) is 0 Å². The third-order valence-electron chi connectivity index (χ3n) is 3.90. The standard InChI is InChI=1S/C15H18N2O2/c1-19-15(18)7-6-11-4-2-3-5-14(11)17-10-12-8-13(17)9-16-12/h2-7,12-13,16H,8-10H2,1H3/b7-6+. The highest BCUT2D eigenvalue weighted by Crippen LogP contribution is 2.32. The van der Waals surface area contributed by atoms with Gasteiger partial charge < -0.3 is 15.0 Å². The number of fused-ring (bicyclic) bond motifs is 2. The van der Waals surface area contributed by atoms with E-state index in [-0.39, 0.29) is 5.97 Å². The maximum atomic E-state index is 11.2. The van der Waals surface area contributed by atoms with Crippen molar-refractivity contribution in [2.24, 2.45) is 0 Å². The number of para-hydroxylation sites is 1. The van der Waals surface area contributed by atoms with Crippen molar-refractivity contribution >= 4 is 17.7 Å². The lowest BCUT2D eigenvalue weighted by Gasteiger charge is -2.30. The molecule has 1 aromatic rings. The first-order chi connectivity index (χ1) is 9.28. The molecule has 0 spiro atoms. The van der Waals surface area contributed by atoms with E-state index < -0.39 is 0 Å². The second kappa shape index (κ2) is 5.05. The number of rotatable bonds is 3. The number of ether oxygens (including phenoxy) is 1. The molecule has 4 heteroatoms. The van der Waals surface area contributed by atoms with E-state index in [1.165, 1.54) is 25.3 Å². The number of hydrogen-bond acceptors (Lipinski definition) is 4. The zero-order valence-corrected chi connectivity index (χ0v) is 11.0. The summed E-state index contributed by atoms with van der Waals surface area (Å²) in [6.45, 7) is 2.10. The fourth-order valence-corrected chi connectivity index (χ4v) is 2.97. The van der Waals surface area contributed by atoms with Crippen LogP contribution in [0.1, 0.15) is 12.0 Å². The lowest BCUT2D eigenvalue weighted by Crippen LogP contribution is -2.43. The summed E-state index contributed by atoms with van der Waals surface area (Å²) in [5, 5.41) is 3.50. The van der Waals surface area contributed by atoms with Crippen molar-refractivity contribution in [3.8, 4) is 0 Å². The van der Waals surface area contributed by atoms with E-state index >= 15 is 0 Å². The van der Waals surface area contributed by atoms with E-state index in [1.54, 1.807) is 0 Å². The molecule has 2 fully saturated rings. The minimum absolute atomic E-state index is 0.320. The van der Waals surface area contributed by atoms with E-state index in [2.05, 4.69) is 21.0 Å². The predicted molar refractivity (Wildman–Crippen MR) is 75.0 cm³/mol. The lowest BCUT2D eigenvalue weighted by atomic mass is 10.1. The third-order valence-corrected chi connectivity index (χ3v) is 3.90. The van der Waals surface area contributed by atoms with Gasteiger partial charge in [-0.1, -0.05) is 18.2 Å². The number of methoxy groups -OCH3 is 1. The third kappa shape index (κ3) is 2.36. The number of carbonyl (C=O) groups is 1. The molecule has 19 heavy (non-hydrogen) atoms. The van der Waals surface area contributed by atoms with E-state index in [1.807, 2.05) is 24.3 Å². The second-order valence-electron chi connectivity index (χ2n) is 5.06. The van der Waals surface area contributed by atoms with Crippen LogP contribution < -0.4 is 10.2 Å². The van der Waals surface area contributed by atoms with Gasteiger partial charge in [-0.25, -0.2) is 4.79 Å². The van der Waals surface area contributed by atoms with Gasteiger partial charge in [-0.05, 0) is 24.1 Å². The number of piperazine rings is 1. The maximum absolute atomic E-state index is 11.2. The highest BCUT2D eigenvalue weighted by Gasteiger charge is 2.37. The summed E-state index contributed by atoms with van der Waals surface area (Å²) in [6, 6.07) is 9.39. The first kappa shape index (κ1) is 12.2. The summed E-state index contributed by atoms with van der Waals surface area (Å²) in [6.07, 6.45) is 4.53. The van der Waals surface area contributed by atoms with Crippen LogP contribution in [0.5, 0.6) is 0 Å². The van der Waals surface area contributed by atoms with Crippen LogP contribution in [0.4, 0.5) is 5.69 Å². The molecule has 2 unspecified atom stereocenters. The van der Waals surface area contributed by atoms with Gasteiger partial charge >= 0.3 is 5.97 Å². The topological polar surface area (TPSA) is 41.6 Å². The SMILES string of the molecule is COC(=O)/C=C/c1ccccc1N1CC2CC1CN2. The van der Waals surface area contributed by atoms with Gasteiger partial charge in [-0.3, -0.25) is 0 Å². The molecule has 1 N–H and O–H groups in total. The zero-order chi connectivity index (χ0) is 13.2. The molecule has 0 radical (unpaired) electrons. The van der Waals surface area contributed by atoms with Crippen molar-refractivity contribution < 1.29 is 9.53 Å². The molecule has 2 aliphatic rings. The molecule has 2 saturated heterocycles. The fourth-order valence-electron chi connectivity index (χ4n) is 2.97. The Balaban J connectivity index is 1.85.